The van der Waals surface area contributed by atoms with Crippen molar-refractivity contribution in [2.24, 2.45) is 0 Å². The van der Waals surface area contributed by atoms with Gasteiger partial charge in [0.1, 0.15) is 5.82 Å². The normalized spacial score (nSPS) is 12.6. The molecule has 0 spiro atoms. The van der Waals surface area contributed by atoms with Crippen LogP contribution < -0.4 is 15.1 Å². The van der Waals surface area contributed by atoms with Gasteiger partial charge < -0.3 is 15.1 Å². The van der Waals surface area contributed by atoms with Gasteiger partial charge in [-0.25, -0.2) is 4.98 Å². The molecule has 3 aromatic rings. The second-order valence-electron chi connectivity index (χ2n) is 6.83. The van der Waals surface area contributed by atoms with Gasteiger partial charge in [0.15, 0.2) is 0 Å². The molecule has 2 aromatic carbocycles. The molecule has 0 saturated heterocycles. The number of rotatable bonds is 4. The molecule has 2 heterocycles. The van der Waals surface area contributed by atoms with E-state index >= 15 is 0 Å². The molecule has 0 atom stereocenters. The second-order valence-corrected chi connectivity index (χ2v) is 6.83. The van der Waals surface area contributed by atoms with Crippen molar-refractivity contribution in [3.63, 3.8) is 0 Å². The van der Waals surface area contributed by atoms with Crippen molar-refractivity contribution in [3.8, 4) is 0 Å². The van der Waals surface area contributed by atoms with Crippen LogP contribution in [-0.4, -0.2) is 31.5 Å². The highest BCUT2D eigenvalue weighted by molar-refractivity contribution is 6.07. The van der Waals surface area contributed by atoms with Crippen LogP contribution in [0.4, 0.5) is 22.9 Å². The number of hydrogen-bond donors (Lipinski definition) is 1. The number of anilines is 4. The molecule has 0 aliphatic carbocycles. The van der Waals surface area contributed by atoms with Crippen LogP contribution in [0, 0.1) is 0 Å². The van der Waals surface area contributed by atoms with E-state index in [2.05, 4.69) is 21.3 Å². The van der Waals surface area contributed by atoms with Crippen molar-refractivity contribution in [1.29, 1.82) is 0 Å². The van der Waals surface area contributed by atoms with Gasteiger partial charge >= 0.3 is 0 Å². The summed E-state index contributed by atoms with van der Waals surface area (Å²) in [7, 11) is 4.02. The summed E-state index contributed by atoms with van der Waals surface area (Å²) in [5.74, 6) is 0.709. The molecular formula is C22H22N4O. The lowest BCUT2D eigenvalue weighted by molar-refractivity contribution is 0.0989. The van der Waals surface area contributed by atoms with E-state index in [1.54, 1.807) is 6.20 Å². The Balaban J connectivity index is 1.47. The summed E-state index contributed by atoms with van der Waals surface area (Å²) >= 11 is 0. The topological polar surface area (TPSA) is 48.5 Å². The van der Waals surface area contributed by atoms with E-state index in [-0.39, 0.29) is 5.91 Å². The van der Waals surface area contributed by atoms with Gasteiger partial charge in [-0.15, -0.1) is 0 Å². The molecule has 1 amide bonds. The molecule has 1 N–H and O–H groups in total. The molecule has 4 rings (SSSR count). The fourth-order valence-corrected chi connectivity index (χ4v) is 3.29. The smallest absolute Gasteiger partial charge is 0.259 e. The Labute approximate surface area is 159 Å². The van der Waals surface area contributed by atoms with E-state index in [9.17, 15) is 4.79 Å². The van der Waals surface area contributed by atoms with Gasteiger partial charge in [0.05, 0.1) is 5.56 Å². The van der Waals surface area contributed by atoms with Crippen molar-refractivity contribution < 1.29 is 4.79 Å². The number of fused-ring (bicyclic) bond motifs is 1. The van der Waals surface area contributed by atoms with E-state index in [1.807, 2.05) is 73.6 Å². The van der Waals surface area contributed by atoms with Gasteiger partial charge in [-0.3, -0.25) is 4.79 Å². The number of nitrogens with one attached hydrogen (secondary N) is 1. The maximum atomic E-state index is 12.8. The number of carbonyl (C=O) groups is 1. The van der Waals surface area contributed by atoms with Crippen molar-refractivity contribution in [3.05, 3.63) is 78.0 Å². The highest BCUT2D eigenvalue weighted by atomic mass is 16.2. The van der Waals surface area contributed by atoms with Crippen LogP contribution in [0.5, 0.6) is 0 Å². The third-order valence-corrected chi connectivity index (χ3v) is 4.80. The lowest BCUT2D eigenvalue weighted by atomic mass is 10.2. The first kappa shape index (κ1) is 17.1. The second kappa shape index (κ2) is 7.11. The van der Waals surface area contributed by atoms with E-state index in [0.29, 0.717) is 11.4 Å². The predicted molar refractivity (Wildman–Crippen MR) is 110 cm³/mol. The maximum absolute atomic E-state index is 12.8. The van der Waals surface area contributed by atoms with E-state index in [0.717, 1.165) is 30.0 Å². The molecule has 136 valence electrons. The Hall–Kier alpha value is -3.34. The summed E-state index contributed by atoms with van der Waals surface area (Å²) in [6.07, 6.45) is 2.54. The molecular weight excluding hydrogens is 336 g/mol. The summed E-state index contributed by atoms with van der Waals surface area (Å²) in [6.45, 7) is 0.719. The first-order valence-corrected chi connectivity index (χ1v) is 9.02. The van der Waals surface area contributed by atoms with Crippen LogP contribution >= 0.6 is 0 Å². The molecule has 0 bridgehead atoms. The fraction of sp³-hybridized carbons (Fsp3) is 0.182. The summed E-state index contributed by atoms with van der Waals surface area (Å²) in [5.41, 5.74) is 4.92. The van der Waals surface area contributed by atoms with Crippen molar-refractivity contribution in [1.82, 2.24) is 4.98 Å². The van der Waals surface area contributed by atoms with Gasteiger partial charge in [-0.2, -0.15) is 0 Å². The first-order valence-electron chi connectivity index (χ1n) is 9.02. The average Bonchev–Trinajstić information content (AvgIpc) is 3.12. The summed E-state index contributed by atoms with van der Waals surface area (Å²) < 4.78 is 0. The maximum Gasteiger partial charge on any atom is 0.259 e. The van der Waals surface area contributed by atoms with Crippen molar-refractivity contribution in [2.45, 2.75) is 6.42 Å². The highest BCUT2D eigenvalue weighted by Gasteiger charge is 2.25. The van der Waals surface area contributed by atoms with E-state index < -0.39 is 0 Å². The third kappa shape index (κ3) is 3.49. The number of carbonyl (C=O) groups excluding carboxylic acids is 1. The molecule has 27 heavy (non-hydrogen) atoms. The minimum Gasteiger partial charge on any atom is -0.378 e. The molecule has 0 fully saturated rings. The zero-order chi connectivity index (χ0) is 18.8. The molecule has 1 aliphatic rings. The van der Waals surface area contributed by atoms with Gasteiger partial charge in [-0.05, 0) is 54.4 Å². The quantitative estimate of drug-likeness (QED) is 0.763. The standard InChI is InChI=1S/C22H22N4O/c1-25(2)19-10-8-18(9-11-19)24-21-12-7-17(15-23-21)22(27)26-14-13-16-5-3-4-6-20(16)26/h3-12,15H,13-14H2,1-2H3,(H,23,24). The number of para-hydroxylation sites is 1. The molecule has 0 unspecified atom stereocenters. The minimum atomic E-state index is -0.00524. The van der Waals surface area contributed by atoms with Crippen molar-refractivity contribution >= 4 is 28.8 Å². The van der Waals surface area contributed by atoms with Gasteiger partial charge in [0.25, 0.3) is 5.91 Å². The fourth-order valence-electron chi connectivity index (χ4n) is 3.29. The number of nitrogens with zero attached hydrogens (tertiary/aromatic N) is 3. The molecule has 0 saturated carbocycles. The summed E-state index contributed by atoms with van der Waals surface area (Å²) in [5, 5.41) is 3.27. The Bertz CT molecular complexity index is 949. The van der Waals surface area contributed by atoms with E-state index in [1.165, 1.54) is 5.56 Å². The molecule has 1 aromatic heterocycles. The van der Waals surface area contributed by atoms with Crippen LogP contribution in [0.25, 0.3) is 0 Å². The third-order valence-electron chi connectivity index (χ3n) is 4.80. The van der Waals surface area contributed by atoms with Gasteiger partial charge in [0.2, 0.25) is 0 Å². The van der Waals surface area contributed by atoms with Gasteiger partial charge in [-0.1, -0.05) is 18.2 Å². The Morgan fingerprint density at radius 1 is 1.04 bits per heavy atom. The van der Waals surface area contributed by atoms with Crippen LogP contribution in [-0.2, 0) is 6.42 Å². The largest absolute Gasteiger partial charge is 0.378 e. The lowest BCUT2D eigenvalue weighted by Gasteiger charge is -2.17. The van der Waals surface area contributed by atoms with Crippen LogP contribution in [0.3, 0.4) is 0 Å². The average molecular weight is 358 g/mol. The van der Waals surface area contributed by atoms with Crippen LogP contribution in [0.2, 0.25) is 0 Å². The predicted octanol–water partition coefficient (Wildman–Crippen LogP) is 4.09. The number of amides is 1. The molecule has 5 heteroatoms. The molecule has 5 nitrogen and oxygen atoms in total. The SMILES string of the molecule is CN(C)c1ccc(Nc2ccc(C(=O)N3CCc4ccccc43)cn2)cc1. The van der Waals surface area contributed by atoms with Crippen LogP contribution in [0.1, 0.15) is 15.9 Å². The number of hydrogen-bond acceptors (Lipinski definition) is 4. The Kier molecular flexibility index (Phi) is 4.50. The first-order chi connectivity index (χ1) is 13.1. The lowest BCUT2D eigenvalue weighted by Crippen LogP contribution is -2.28. The number of pyridine rings is 1. The van der Waals surface area contributed by atoms with Gasteiger partial charge in [0, 0.05) is 43.9 Å². The Morgan fingerprint density at radius 2 is 1.81 bits per heavy atom. The highest BCUT2D eigenvalue weighted by Crippen LogP contribution is 2.29. The molecule has 1 aliphatic heterocycles. The summed E-state index contributed by atoms with van der Waals surface area (Å²) in [4.78, 5) is 21.1. The number of benzene rings is 2. The zero-order valence-corrected chi connectivity index (χ0v) is 15.5. The van der Waals surface area contributed by atoms with Crippen LogP contribution in [0.15, 0.2) is 66.9 Å². The monoisotopic (exact) mass is 358 g/mol. The van der Waals surface area contributed by atoms with Crippen molar-refractivity contribution in [2.75, 3.05) is 35.8 Å². The van der Waals surface area contributed by atoms with E-state index in [4.69, 9.17) is 0 Å². The minimum absolute atomic E-state index is 0.00524. The summed E-state index contributed by atoms with van der Waals surface area (Å²) in [6, 6.07) is 19.8. The Morgan fingerprint density at radius 3 is 2.52 bits per heavy atom. The number of aromatic nitrogens is 1. The zero-order valence-electron chi connectivity index (χ0n) is 15.5. The molecule has 0 radical (unpaired) electrons.